The zero-order chi connectivity index (χ0) is 23.2. The quantitative estimate of drug-likeness (QED) is 0.102. The molecular formula is C20H33N7O4. The molecule has 0 aliphatic heterocycles. The van der Waals surface area contributed by atoms with Crippen molar-refractivity contribution in [1.82, 2.24) is 10.6 Å². The normalized spacial score (nSPS) is 13.5. The Labute approximate surface area is 181 Å². The van der Waals surface area contributed by atoms with Gasteiger partial charge in [-0.3, -0.25) is 14.6 Å². The molecule has 0 fully saturated rings. The van der Waals surface area contributed by atoms with E-state index in [0.29, 0.717) is 25.8 Å². The summed E-state index contributed by atoms with van der Waals surface area (Å²) >= 11 is 0. The van der Waals surface area contributed by atoms with Crippen molar-refractivity contribution in [2.75, 3.05) is 13.1 Å². The second-order valence-corrected chi connectivity index (χ2v) is 7.14. The lowest BCUT2D eigenvalue weighted by atomic mass is 10.0. The molecule has 1 rings (SSSR count). The minimum absolute atomic E-state index is 0.0903. The molecule has 2 amide bonds. The molecule has 0 heterocycles. The standard InChI is InChI=1S/C20H33N7O4/c21-10-4-8-14(22)17(28)27-16(12-13-6-2-1-3-7-13)18(29)26-15(19(30)31)9-5-11-25-20(23)24/h1-3,6-7,14-16H,4-5,8-12,21-22H2,(H,26,29)(H,27,28)(H,30,31)(H4,23,24,25)/t14-,15-,16-/m0/s1. The third-order valence-electron chi connectivity index (χ3n) is 4.53. The monoisotopic (exact) mass is 435 g/mol. The summed E-state index contributed by atoms with van der Waals surface area (Å²) in [5.74, 6) is -2.39. The van der Waals surface area contributed by atoms with E-state index in [1.807, 2.05) is 30.3 Å². The maximum atomic E-state index is 12.9. The highest BCUT2D eigenvalue weighted by Crippen LogP contribution is 2.06. The van der Waals surface area contributed by atoms with E-state index in [1.54, 1.807) is 0 Å². The predicted octanol–water partition coefficient (Wildman–Crippen LogP) is -1.60. The van der Waals surface area contributed by atoms with Crippen LogP contribution >= 0.6 is 0 Å². The fraction of sp³-hybridized carbons (Fsp3) is 0.500. The number of rotatable bonds is 14. The van der Waals surface area contributed by atoms with Crippen molar-refractivity contribution in [2.45, 2.75) is 50.2 Å². The Bertz CT molecular complexity index is 738. The molecule has 11 nitrogen and oxygen atoms in total. The Kier molecular flexibility index (Phi) is 11.6. The Balaban J connectivity index is 2.85. The number of carboxylic acid groups (broad SMARTS) is 1. The number of guanidine groups is 1. The lowest BCUT2D eigenvalue weighted by Gasteiger charge is -2.23. The molecule has 11 heteroatoms. The van der Waals surface area contributed by atoms with Gasteiger partial charge in [0, 0.05) is 13.0 Å². The Hall–Kier alpha value is -3.18. The number of carboxylic acids is 1. The average Bonchev–Trinajstić information content (AvgIpc) is 2.73. The molecule has 1 aromatic carbocycles. The number of nitrogens with two attached hydrogens (primary N) is 4. The van der Waals surface area contributed by atoms with Crippen LogP contribution in [-0.2, 0) is 20.8 Å². The van der Waals surface area contributed by atoms with Gasteiger partial charge in [0.1, 0.15) is 12.1 Å². The highest BCUT2D eigenvalue weighted by molar-refractivity contribution is 5.92. The van der Waals surface area contributed by atoms with Crippen LogP contribution in [0.5, 0.6) is 0 Å². The summed E-state index contributed by atoms with van der Waals surface area (Å²) in [5, 5.41) is 14.6. The lowest BCUT2D eigenvalue weighted by molar-refractivity contribution is -0.142. The minimum atomic E-state index is -1.19. The number of aliphatic carboxylic acids is 1. The van der Waals surface area contributed by atoms with E-state index in [0.717, 1.165) is 5.56 Å². The van der Waals surface area contributed by atoms with Crippen molar-refractivity contribution in [3.63, 3.8) is 0 Å². The first-order valence-electron chi connectivity index (χ1n) is 10.1. The second-order valence-electron chi connectivity index (χ2n) is 7.14. The van der Waals surface area contributed by atoms with Crippen LogP contribution in [0, 0.1) is 0 Å². The Morgan fingerprint density at radius 2 is 1.61 bits per heavy atom. The van der Waals surface area contributed by atoms with Crippen LogP contribution in [-0.4, -0.2) is 60.1 Å². The van der Waals surface area contributed by atoms with Crippen LogP contribution < -0.4 is 33.6 Å². The maximum Gasteiger partial charge on any atom is 0.326 e. The summed E-state index contributed by atoms with van der Waals surface area (Å²) < 4.78 is 0. The maximum absolute atomic E-state index is 12.9. The zero-order valence-electron chi connectivity index (χ0n) is 17.5. The van der Waals surface area contributed by atoms with Crippen LogP contribution in [0.15, 0.2) is 35.3 Å². The lowest BCUT2D eigenvalue weighted by Crippen LogP contribution is -2.55. The van der Waals surface area contributed by atoms with Crippen molar-refractivity contribution in [1.29, 1.82) is 0 Å². The number of nitrogens with one attached hydrogen (secondary N) is 2. The SMILES string of the molecule is NCCC[C@H](N)C(=O)N[C@@H](Cc1ccccc1)C(=O)N[C@@H](CCCN=C(N)N)C(=O)O. The van der Waals surface area contributed by atoms with Gasteiger partial charge in [-0.25, -0.2) is 4.79 Å². The van der Waals surface area contributed by atoms with Crippen LogP contribution in [0.4, 0.5) is 0 Å². The predicted molar refractivity (Wildman–Crippen MR) is 118 cm³/mol. The number of benzene rings is 1. The molecule has 172 valence electrons. The number of amides is 2. The van der Waals surface area contributed by atoms with Crippen molar-refractivity contribution in [3.8, 4) is 0 Å². The summed E-state index contributed by atoms with van der Waals surface area (Å²) in [4.78, 5) is 40.7. The van der Waals surface area contributed by atoms with Gasteiger partial charge < -0.3 is 38.7 Å². The van der Waals surface area contributed by atoms with Gasteiger partial charge in [0.05, 0.1) is 6.04 Å². The molecule has 0 aromatic heterocycles. The highest BCUT2D eigenvalue weighted by atomic mass is 16.4. The second kappa shape index (κ2) is 13.9. The largest absolute Gasteiger partial charge is 0.480 e. The van der Waals surface area contributed by atoms with Crippen molar-refractivity contribution in [2.24, 2.45) is 27.9 Å². The van der Waals surface area contributed by atoms with Crippen LogP contribution in [0.25, 0.3) is 0 Å². The van der Waals surface area contributed by atoms with Gasteiger partial charge in [-0.2, -0.15) is 0 Å². The number of aliphatic imine (C=N–C) groups is 1. The molecule has 0 spiro atoms. The smallest absolute Gasteiger partial charge is 0.326 e. The van der Waals surface area contributed by atoms with E-state index in [4.69, 9.17) is 22.9 Å². The summed E-state index contributed by atoms with van der Waals surface area (Å²) in [5.41, 5.74) is 22.6. The van der Waals surface area contributed by atoms with E-state index < -0.39 is 35.9 Å². The van der Waals surface area contributed by atoms with Crippen molar-refractivity contribution >= 4 is 23.7 Å². The number of nitrogens with zero attached hydrogens (tertiary/aromatic N) is 1. The van der Waals surface area contributed by atoms with E-state index in [-0.39, 0.29) is 25.3 Å². The van der Waals surface area contributed by atoms with Crippen molar-refractivity contribution < 1.29 is 19.5 Å². The third kappa shape index (κ3) is 10.4. The molecule has 0 saturated heterocycles. The molecule has 0 aliphatic carbocycles. The molecular weight excluding hydrogens is 402 g/mol. The van der Waals surface area contributed by atoms with Crippen LogP contribution in [0.3, 0.4) is 0 Å². The molecule has 0 unspecified atom stereocenters. The molecule has 0 saturated carbocycles. The molecule has 31 heavy (non-hydrogen) atoms. The Morgan fingerprint density at radius 1 is 0.968 bits per heavy atom. The van der Waals surface area contributed by atoms with E-state index in [2.05, 4.69) is 15.6 Å². The highest BCUT2D eigenvalue weighted by Gasteiger charge is 2.28. The molecule has 3 atom stereocenters. The first-order valence-corrected chi connectivity index (χ1v) is 10.1. The topological polar surface area (TPSA) is 212 Å². The molecule has 0 bridgehead atoms. The number of carbonyl (C=O) groups excluding carboxylic acids is 2. The van der Waals surface area contributed by atoms with E-state index in [1.165, 1.54) is 0 Å². The molecule has 1 aromatic rings. The first kappa shape index (κ1) is 25.9. The molecule has 0 radical (unpaired) electrons. The third-order valence-corrected chi connectivity index (χ3v) is 4.53. The fourth-order valence-corrected chi connectivity index (χ4v) is 2.84. The molecule has 11 N–H and O–H groups in total. The van der Waals surface area contributed by atoms with Gasteiger partial charge in [0.25, 0.3) is 0 Å². The summed E-state index contributed by atoms with van der Waals surface area (Å²) in [6.45, 7) is 0.636. The molecule has 0 aliphatic rings. The van der Waals surface area contributed by atoms with Crippen LogP contribution in [0.1, 0.15) is 31.2 Å². The number of carbonyl (C=O) groups is 3. The number of hydrogen-bond donors (Lipinski definition) is 7. The Morgan fingerprint density at radius 3 is 2.19 bits per heavy atom. The first-order chi connectivity index (χ1) is 14.7. The van der Waals surface area contributed by atoms with Gasteiger partial charge in [0.15, 0.2) is 5.96 Å². The summed E-state index contributed by atoms with van der Waals surface area (Å²) in [6, 6.07) is 6.11. The van der Waals surface area contributed by atoms with Gasteiger partial charge in [-0.1, -0.05) is 30.3 Å². The van der Waals surface area contributed by atoms with Gasteiger partial charge in [0.2, 0.25) is 11.8 Å². The van der Waals surface area contributed by atoms with Gasteiger partial charge in [-0.05, 0) is 37.8 Å². The van der Waals surface area contributed by atoms with Crippen LogP contribution in [0.2, 0.25) is 0 Å². The summed E-state index contributed by atoms with van der Waals surface area (Å²) in [7, 11) is 0. The fourth-order valence-electron chi connectivity index (χ4n) is 2.84. The van der Waals surface area contributed by atoms with Gasteiger partial charge in [-0.15, -0.1) is 0 Å². The van der Waals surface area contributed by atoms with Crippen molar-refractivity contribution in [3.05, 3.63) is 35.9 Å². The zero-order valence-corrected chi connectivity index (χ0v) is 17.5. The average molecular weight is 436 g/mol. The van der Waals surface area contributed by atoms with E-state index >= 15 is 0 Å². The van der Waals surface area contributed by atoms with Gasteiger partial charge >= 0.3 is 5.97 Å². The van der Waals surface area contributed by atoms with E-state index in [9.17, 15) is 19.5 Å². The summed E-state index contributed by atoms with van der Waals surface area (Å²) in [6.07, 6.45) is 1.61. The number of hydrogen-bond acceptors (Lipinski definition) is 6. The minimum Gasteiger partial charge on any atom is -0.480 e.